The van der Waals surface area contributed by atoms with Gasteiger partial charge in [-0.05, 0) is 44.5 Å². The molecular weight excluding hydrogens is 705 g/mol. The molecule has 0 saturated heterocycles. The molecule has 0 aliphatic carbocycles. The molecule has 0 aromatic heterocycles. The van der Waals surface area contributed by atoms with Gasteiger partial charge in [0, 0.05) is 0 Å². The zero-order valence-corrected chi connectivity index (χ0v) is 26.1. The fraction of sp³-hybridized carbons (Fsp3) is 0. The van der Waals surface area contributed by atoms with Crippen LogP contribution >= 0.6 is 0 Å². The van der Waals surface area contributed by atoms with Crippen LogP contribution in [-0.2, 0) is 0 Å². The third kappa shape index (κ3) is 7.18. The molecule has 0 atom stereocenters. The van der Waals surface area contributed by atoms with Gasteiger partial charge in [0.2, 0.25) is 0 Å². The summed E-state index contributed by atoms with van der Waals surface area (Å²) in [4.78, 5) is 0. The van der Waals surface area contributed by atoms with Gasteiger partial charge in [-0.25, -0.2) is 0 Å². The third-order valence-electron chi connectivity index (χ3n) is 6.47. The standard InChI is InChI=1S/2C18H14N.Bi.ClH/c2*19-18-16(14-8-3-1-4-9-14)12-7-13-17(18)15-10-5-2-6-11-15;;/h2*1-13,19H;;1H/q2*-1;+3;/p-1. The fourth-order valence-corrected chi connectivity index (χ4v) is 4.54. The minimum Gasteiger partial charge on any atom is -1.00 e. The van der Waals surface area contributed by atoms with Crippen molar-refractivity contribution in [3.05, 3.63) is 169 Å². The SMILES string of the molecule is [Bi+3].[Cl-].[NH-]c1c(-c2ccccc2)cccc1-c1ccccc1.[NH-]c1c(-c2ccccc2)cccc1-c1ccccc1. The Morgan fingerprint density at radius 2 is 0.475 bits per heavy atom. The molecule has 4 heteroatoms. The Morgan fingerprint density at radius 3 is 0.675 bits per heavy atom. The van der Waals surface area contributed by atoms with Gasteiger partial charge in [-0.1, -0.05) is 158 Å². The zero-order chi connectivity index (χ0) is 26.2. The van der Waals surface area contributed by atoms with E-state index in [-0.39, 0.29) is 38.6 Å². The summed E-state index contributed by atoms with van der Waals surface area (Å²) in [7, 11) is 0. The predicted octanol–water partition coefficient (Wildman–Crippen LogP) is 8.03. The van der Waals surface area contributed by atoms with Gasteiger partial charge in [0.15, 0.2) is 0 Å². The molecule has 0 bridgehead atoms. The zero-order valence-electron chi connectivity index (χ0n) is 21.8. The summed E-state index contributed by atoms with van der Waals surface area (Å²) in [5, 5.41) is 0. The summed E-state index contributed by atoms with van der Waals surface area (Å²) in [6, 6.07) is 52.4. The summed E-state index contributed by atoms with van der Waals surface area (Å²) in [5.41, 5.74) is 26.3. The molecule has 2 nitrogen and oxygen atoms in total. The summed E-state index contributed by atoms with van der Waals surface area (Å²) in [6.07, 6.45) is 0. The Labute approximate surface area is 262 Å². The van der Waals surface area contributed by atoms with E-state index in [1.165, 1.54) is 0 Å². The van der Waals surface area contributed by atoms with E-state index < -0.39 is 0 Å². The maximum atomic E-state index is 8.42. The Balaban J connectivity index is 0.000000210. The van der Waals surface area contributed by atoms with Crippen molar-refractivity contribution in [2.75, 3.05) is 0 Å². The third-order valence-corrected chi connectivity index (χ3v) is 6.47. The van der Waals surface area contributed by atoms with Crippen LogP contribution in [0.5, 0.6) is 0 Å². The van der Waals surface area contributed by atoms with Crippen LogP contribution in [0.2, 0.25) is 0 Å². The molecule has 40 heavy (non-hydrogen) atoms. The van der Waals surface area contributed by atoms with Crippen molar-refractivity contribution >= 4 is 37.6 Å². The Bertz CT molecular complexity index is 1370. The number of rotatable bonds is 4. The molecule has 0 unspecified atom stereocenters. The van der Waals surface area contributed by atoms with E-state index in [2.05, 4.69) is 0 Å². The van der Waals surface area contributed by atoms with E-state index in [0.29, 0.717) is 11.4 Å². The van der Waals surface area contributed by atoms with Gasteiger partial charge >= 0.3 is 26.2 Å². The van der Waals surface area contributed by atoms with Gasteiger partial charge in [0.1, 0.15) is 0 Å². The number of halogens is 1. The van der Waals surface area contributed by atoms with Gasteiger partial charge in [-0.3, -0.25) is 0 Å². The number of hydrogen-bond donors (Lipinski definition) is 0. The molecule has 6 aromatic rings. The topological polar surface area (TPSA) is 47.6 Å². The molecule has 2 radical (unpaired) electrons. The summed E-state index contributed by atoms with van der Waals surface area (Å²) >= 11 is 0. The molecule has 0 aliphatic heterocycles. The largest absolute Gasteiger partial charge is 3.00 e. The quantitative estimate of drug-likeness (QED) is 0.165. The molecule has 0 amide bonds. The van der Waals surface area contributed by atoms with Crippen molar-refractivity contribution in [2.24, 2.45) is 0 Å². The van der Waals surface area contributed by atoms with Gasteiger partial charge in [0.05, 0.1) is 0 Å². The molecule has 0 fully saturated rings. The first kappa shape index (κ1) is 30.6. The Kier molecular flexibility index (Phi) is 11.5. The average Bonchev–Trinajstić information content (AvgIpc) is 2.99. The van der Waals surface area contributed by atoms with Crippen molar-refractivity contribution in [3.8, 4) is 44.5 Å². The van der Waals surface area contributed by atoms with Crippen LogP contribution in [0.3, 0.4) is 0 Å². The minimum absolute atomic E-state index is 0. The molecule has 0 aliphatic rings. The van der Waals surface area contributed by atoms with Gasteiger partial charge in [-0.2, -0.15) is 0 Å². The second kappa shape index (κ2) is 15.0. The van der Waals surface area contributed by atoms with Gasteiger partial charge < -0.3 is 23.9 Å². The first-order valence-corrected chi connectivity index (χ1v) is 12.6. The monoisotopic (exact) mass is 732 g/mol. The maximum Gasteiger partial charge on any atom is 3.00 e. The van der Waals surface area contributed by atoms with E-state index in [1.54, 1.807) is 0 Å². The van der Waals surface area contributed by atoms with E-state index >= 15 is 0 Å². The summed E-state index contributed by atoms with van der Waals surface area (Å²) < 4.78 is 0. The van der Waals surface area contributed by atoms with E-state index in [9.17, 15) is 0 Å². The van der Waals surface area contributed by atoms with E-state index in [0.717, 1.165) is 44.5 Å². The van der Waals surface area contributed by atoms with Crippen molar-refractivity contribution in [2.45, 2.75) is 0 Å². The summed E-state index contributed by atoms with van der Waals surface area (Å²) in [5.74, 6) is 0. The minimum atomic E-state index is 0. The Hall–Kier alpha value is -3.91. The molecule has 6 rings (SSSR count). The molecule has 6 aromatic carbocycles. The first-order valence-electron chi connectivity index (χ1n) is 12.6. The molecule has 0 saturated carbocycles. The smallest absolute Gasteiger partial charge is 1.00 e. The Morgan fingerprint density at radius 1 is 0.275 bits per heavy atom. The van der Waals surface area contributed by atoms with Crippen molar-refractivity contribution in [1.29, 1.82) is 0 Å². The van der Waals surface area contributed by atoms with Crippen molar-refractivity contribution < 1.29 is 12.4 Å². The first-order chi connectivity index (χ1) is 18.7. The van der Waals surface area contributed by atoms with Gasteiger partial charge in [0.25, 0.3) is 0 Å². The molecule has 0 spiro atoms. The van der Waals surface area contributed by atoms with Crippen LogP contribution in [0.15, 0.2) is 158 Å². The van der Waals surface area contributed by atoms with Crippen LogP contribution in [0.1, 0.15) is 0 Å². The van der Waals surface area contributed by atoms with Crippen molar-refractivity contribution in [1.82, 2.24) is 0 Å². The van der Waals surface area contributed by atoms with Crippen LogP contribution < -0.4 is 12.4 Å². The normalized spacial score (nSPS) is 9.80. The van der Waals surface area contributed by atoms with E-state index in [1.807, 2.05) is 158 Å². The molecular formula is C36H28BiClN2. The molecule has 194 valence electrons. The number of benzene rings is 6. The van der Waals surface area contributed by atoms with Crippen LogP contribution in [0, 0.1) is 0 Å². The van der Waals surface area contributed by atoms with Crippen LogP contribution in [0.4, 0.5) is 11.4 Å². The fourth-order valence-electron chi connectivity index (χ4n) is 4.54. The second-order valence-electron chi connectivity index (χ2n) is 8.92. The maximum absolute atomic E-state index is 8.42. The second-order valence-corrected chi connectivity index (χ2v) is 8.92. The average molecular weight is 733 g/mol. The predicted molar refractivity (Wildman–Crippen MR) is 168 cm³/mol. The number of nitrogens with one attached hydrogen (secondary N) is 2. The molecule has 2 N–H and O–H groups in total. The molecule has 0 heterocycles. The van der Waals surface area contributed by atoms with Crippen LogP contribution in [-0.4, -0.2) is 26.2 Å². The number of hydrogen-bond acceptors (Lipinski definition) is 0. The summed E-state index contributed by atoms with van der Waals surface area (Å²) in [6.45, 7) is 0. The van der Waals surface area contributed by atoms with Gasteiger partial charge in [-0.15, -0.1) is 11.4 Å². The van der Waals surface area contributed by atoms with E-state index in [4.69, 9.17) is 11.5 Å². The van der Waals surface area contributed by atoms with Crippen molar-refractivity contribution in [3.63, 3.8) is 0 Å². The van der Waals surface area contributed by atoms with Crippen LogP contribution in [0.25, 0.3) is 56.0 Å².